The molecule has 0 unspecified atom stereocenters. The number of carbonyl (C=O) groups is 1. The fourth-order valence-electron chi connectivity index (χ4n) is 2.37. The van der Waals surface area contributed by atoms with Gasteiger partial charge in [-0.2, -0.15) is 0 Å². The van der Waals surface area contributed by atoms with Crippen molar-refractivity contribution in [3.05, 3.63) is 47.5 Å². The first-order valence-electron chi connectivity index (χ1n) is 7.86. The molecular formula is C19H20O5. The van der Waals surface area contributed by atoms with E-state index in [4.69, 9.17) is 18.9 Å². The number of aryl methyl sites for hydroxylation is 1. The van der Waals surface area contributed by atoms with Crippen LogP contribution in [0.15, 0.2) is 36.4 Å². The van der Waals surface area contributed by atoms with Gasteiger partial charge >= 0.3 is 5.97 Å². The van der Waals surface area contributed by atoms with Gasteiger partial charge in [-0.05, 0) is 42.2 Å². The molecule has 24 heavy (non-hydrogen) atoms. The van der Waals surface area contributed by atoms with E-state index in [2.05, 4.69) is 19.9 Å². The summed E-state index contributed by atoms with van der Waals surface area (Å²) < 4.78 is 21.4. The van der Waals surface area contributed by atoms with E-state index in [0.29, 0.717) is 28.9 Å². The van der Waals surface area contributed by atoms with Crippen LogP contribution >= 0.6 is 0 Å². The molecule has 1 aliphatic heterocycles. The van der Waals surface area contributed by atoms with Gasteiger partial charge < -0.3 is 18.9 Å². The van der Waals surface area contributed by atoms with Crippen LogP contribution in [-0.4, -0.2) is 19.4 Å². The lowest BCUT2D eigenvalue weighted by Gasteiger charge is -2.12. The molecule has 0 atom stereocenters. The molecule has 0 saturated carbocycles. The van der Waals surface area contributed by atoms with E-state index in [1.807, 2.05) is 19.1 Å². The number of ether oxygens (including phenoxy) is 4. The zero-order valence-electron chi connectivity index (χ0n) is 14.0. The minimum atomic E-state index is -0.469. The molecule has 2 aromatic rings. The van der Waals surface area contributed by atoms with Crippen molar-refractivity contribution in [2.24, 2.45) is 0 Å². The Morgan fingerprint density at radius 1 is 1.12 bits per heavy atom. The van der Waals surface area contributed by atoms with E-state index < -0.39 is 5.97 Å². The van der Waals surface area contributed by atoms with Crippen LogP contribution in [0.3, 0.4) is 0 Å². The van der Waals surface area contributed by atoms with Crippen molar-refractivity contribution >= 4 is 5.97 Å². The average Bonchev–Trinajstić information content (AvgIpc) is 3.01. The lowest BCUT2D eigenvalue weighted by Crippen LogP contribution is -2.18. The van der Waals surface area contributed by atoms with Crippen molar-refractivity contribution in [2.75, 3.05) is 13.4 Å². The fourth-order valence-corrected chi connectivity index (χ4v) is 2.37. The molecule has 5 nitrogen and oxygen atoms in total. The van der Waals surface area contributed by atoms with Crippen LogP contribution in [0, 0.1) is 6.92 Å². The monoisotopic (exact) mass is 328 g/mol. The Morgan fingerprint density at radius 2 is 1.92 bits per heavy atom. The molecule has 0 aromatic heterocycles. The third kappa shape index (κ3) is 3.62. The number of benzene rings is 2. The van der Waals surface area contributed by atoms with E-state index in [9.17, 15) is 4.79 Å². The lowest BCUT2D eigenvalue weighted by molar-refractivity contribution is -0.136. The second-order valence-corrected chi connectivity index (χ2v) is 5.96. The van der Waals surface area contributed by atoms with Crippen LogP contribution in [-0.2, 0) is 4.79 Å². The minimum absolute atomic E-state index is 0.156. The molecule has 0 amide bonds. The average molecular weight is 328 g/mol. The summed E-state index contributed by atoms with van der Waals surface area (Å²) in [6.07, 6.45) is 0. The molecule has 2 aromatic carbocycles. The molecule has 0 aliphatic carbocycles. The molecule has 0 radical (unpaired) electrons. The molecular weight excluding hydrogens is 308 g/mol. The minimum Gasteiger partial charge on any atom is -0.482 e. The first-order valence-corrected chi connectivity index (χ1v) is 7.86. The number of esters is 1. The van der Waals surface area contributed by atoms with Crippen molar-refractivity contribution < 1.29 is 23.7 Å². The molecule has 0 fully saturated rings. The third-order valence-electron chi connectivity index (χ3n) is 3.80. The Labute approximate surface area is 141 Å². The summed E-state index contributed by atoms with van der Waals surface area (Å²) in [5.74, 6) is 2.25. The first-order chi connectivity index (χ1) is 11.5. The molecule has 1 aliphatic rings. The maximum absolute atomic E-state index is 12.0. The van der Waals surface area contributed by atoms with Crippen LogP contribution in [0.4, 0.5) is 0 Å². The third-order valence-corrected chi connectivity index (χ3v) is 3.80. The largest absolute Gasteiger partial charge is 0.482 e. The lowest BCUT2D eigenvalue weighted by atomic mass is 10.0. The SMILES string of the molecule is Cc1ccc(C(C)C)cc1OCC(=O)Oc1ccc2c(c1)OCO2. The van der Waals surface area contributed by atoms with Crippen molar-refractivity contribution in [2.45, 2.75) is 26.7 Å². The highest BCUT2D eigenvalue weighted by molar-refractivity contribution is 5.74. The number of carbonyl (C=O) groups excluding carboxylic acids is 1. The summed E-state index contributed by atoms with van der Waals surface area (Å²) in [6, 6.07) is 11.0. The Hall–Kier alpha value is -2.69. The van der Waals surface area contributed by atoms with E-state index in [-0.39, 0.29) is 13.4 Å². The molecule has 0 N–H and O–H groups in total. The van der Waals surface area contributed by atoms with Crippen LogP contribution in [0.1, 0.15) is 30.9 Å². The van der Waals surface area contributed by atoms with Crippen LogP contribution in [0.2, 0.25) is 0 Å². The topological polar surface area (TPSA) is 54.0 Å². The van der Waals surface area contributed by atoms with Gasteiger partial charge in [0.2, 0.25) is 6.79 Å². The Bertz CT molecular complexity index is 751. The predicted octanol–water partition coefficient (Wildman–Crippen LogP) is 3.83. The van der Waals surface area contributed by atoms with Gasteiger partial charge in [0.25, 0.3) is 0 Å². The van der Waals surface area contributed by atoms with E-state index in [1.54, 1.807) is 18.2 Å². The summed E-state index contributed by atoms with van der Waals surface area (Å²) in [4.78, 5) is 12.0. The maximum atomic E-state index is 12.0. The number of rotatable bonds is 5. The molecule has 0 bridgehead atoms. The number of fused-ring (bicyclic) bond motifs is 1. The fraction of sp³-hybridized carbons (Fsp3) is 0.316. The van der Waals surface area contributed by atoms with Crippen LogP contribution in [0.5, 0.6) is 23.0 Å². The summed E-state index contributed by atoms with van der Waals surface area (Å²) in [5, 5.41) is 0. The summed E-state index contributed by atoms with van der Waals surface area (Å²) in [7, 11) is 0. The normalized spacial score (nSPS) is 12.3. The smallest absolute Gasteiger partial charge is 0.349 e. The Balaban J connectivity index is 1.61. The highest BCUT2D eigenvalue weighted by atomic mass is 16.7. The predicted molar refractivity (Wildman–Crippen MR) is 89.0 cm³/mol. The molecule has 1 heterocycles. The van der Waals surface area contributed by atoms with Crippen molar-refractivity contribution in [1.82, 2.24) is 0 Å². The van der Waals surface area contributed by atoms with Crippen LogP contribution < -0.4 is 18.9 Å². The maximum Gasteiger partial charge on any atom is 0.349 e. The Kier molecular flexibility index (Phi) is 4.60. The summed E-state index contributed by atoms with van der Waals surface area (Å²) in [5.41, 5.74) is 2.15. The second kappa shape index (κ2) is 6.83. The van der Waals surface area contributed by atoms with E-state index in [1.165, 1.54) is 5.56 Å². The van der Waals surface area contributed by atoms with E-state index in [0.717, 1.165) is 5.56 Å². The van der Waals surface area contributed by atoms with Gasteiger partial charge in [-0.25, -0.2) is 4.79 Å². The quantitative estimate of drug-likeness (QED) is 0.617. The molecule has 5 heteroatoms. The van der Waals surface area contributed by atoms with Gasteiger partial charge in [-0.15, -0.1) is 0 Å². The zero-order valence-corrected chi connectivity index (χ0v) is 14.0. The Morgan fingerprint density at radius 3 is 2.71 bits per heavy atom. The number of hydrogen-bond donors (Lipinski definition) is 0. The summed E-state index contributed by atoms with van der Waals surface area (Å²) >= 11 is 0. The molecule has 126 valence electrons. The van der Waals surface area contributed by atoms with Gasteiger partial charge in [0.1, 0.15) is 11.5 Å². The van der Waals surface area contributed by atoms with Crippen LogP contribution in [0.25, 0.3) is 0 Å². The van der Waals surface area contributed by atoms with Crippen molar-refractivity contribution in [3.63, 3.8) is 0 Å². The van der Waals surface area contributed by atoms with Crippen molar-refractivity contribution in [1.29, 1.82) is 0 Å². The second-order valence-electron chi connectivity index (χ2n) is 5.96. The highest BCUT2D eigenvalue weighted by Crippen LogP contribution is 2.35. The van der Waals surface area contributed by atoms with Gasteiger partial charge in [-0.3, -0.25) is 0 Å². The van der Waals surface area contributed by atoms with Crippen molar-refractivity contribution in [3.8, 4) is 23.0 Å². The zero-order chi connectivity index (χ0) is 17.1. The molecule has 0 spiro atoms. The van der Waals surface area contributed by atoms with Gasteiger partial charge in [0.15, 0.2) is 18.1 Å². The van der Waals surface area contributed by atoms with Gasteiger partial charge in [0.05, 0.1) is 0 Å². The van der Waals surface area contributed by atoms with Gasteiger partial charge in [-0.1, -0.05) is 26.0 Å². The van der Waals surface area contributed by atoms with Gasteiger partial charge in [0, 0.05) is 6.07 Å². The summed E-state index contributed by atoms with van der Waals surface area (Å²) in [6.45, 7) is 6.20. The molecule has 0 saturated heterocycles. The van der Waals surface area contributed by atoms with E-state index >= 15 is 0 Å². The first kappa shape index (κ1) is 16.2. The highest BCUT2D eigenvalue weighted by Gasteiger charge is 2.15. The standard InChI is InChI=1S/C19H20O5/c1-12(2)14-5-4-13(3)17(8-14)21-10-19(20)24-15-6-7-16-18(9-15)23-11-22-16/h4-9,12H,10-11H2,1-3H3. The number of hydrogen-bond acceptors (Lipinski definition) is 5. The molecule has 3 rings (SSSR count).